The van der Waals surface area contributed by atoms with Gasteiger partial charge in [0.05, 0.1) is 15.2 Å². The van der Waals surface area contributed by atoms with E-state index in [1.807, 2.05) is 0 Å². The molecule has 2 aromatic rings. The average molecular weight is 405 g/mol. The number of hydrogen-bond donors (Lipinski definition) is 2. The number of nitrogens with one attached hydrogen (secondary N) is 1. The molecule has 0 unspecified atom stereocenters. The Kier molecular flexibility index (Phi) is 6.17. The first-order chi connectivity index (χ1) is 11.2. The second-order valence-electron chi connectivity index (χ2n) is 4.89. The first-order valence-corrected chi connectivity index (χ1v) is 9.90. The van der Waals surface area contributed by atoms with E-state index in [4.69, 9.17) is 28.3 Å². The molecule has 0 aliphatic heterocycles. The molecule has 1 amide bonds. The van der Waals surface area contributed by atoms with Crippen molar-refractivity contribution in [1.29, 1.82) is 0 Å². The number of hydrogen-bond acceptors (Lipinski definition) is 4. The quantitative estimate of drug-likeness (QED) is 0.742. The first kappa shape index (κ1) is 19.1. The molecule has 24 heavy (non-hydrogen) atoms. The lowest BCUT2D eigenvalue weighted by molar-refractivity contribution is -0.115. The number of carbonyl (C=O) groups is 1. The number of amides is 1. The summed E-state index contributed by atoms with van der Waals surface area (Å²) < 4.78 is 22.4. The van der Waals surface area contributed by atoms with Gasteiger partial charge in [0.1, 0.15) is 0 Å². The van der Waals surface area contributed by atoms with Gasteiger partial charge >= 0.3 is 0 Å². The maximum Gasteiger partial charge on any atom is 0.238 e. The van der Waals surface area contributed by atoms with Crippen LogP contribution in [-0.4, -0.2) is 19.6 Å². The molecule has 0 aromatic heterocycles. The number of anilines is 1. The van der Waals surface area contributed by atoms with Crippen LogP contribution in [0.3, 0.4) is 0 Å². The Balaban J connectivity index is 2.05. The van der Waals surface area contributed by atoms with Crippen molar-refractivity contribution in [3.8, 4) is 0 Å². The van der Waals surface area contributed by atoms with Crippen molar-refractivity contribution in [3.63, 3.8) is 0 Å². The molecule has 2 rings (SSSR count). The average Bonchev–Trinajstić information content (AvgIpc) is 2.50. The molecule has 0 fully saturated rings. The Labute approximate surface area is 154 Å². The summed E-state index contributed by atoms with van der Waals surface area (Å²) in [5.74, 6) is -0.251. The molecule has 3 N–H and O–H groups in total. The summed E-state index contributed by atoms with van der Waals surface area (Å²) in [5, 5.41) is 8.35. The number of carbonyl (C=O) groups excluding carboxylic acids is 1. The van der Waals surface area contributed by atoms with E-state index >= 15 is 0 Å². The van der Waals surface area contributed by atoms with Gasteiger partial charge in [-0.3, -0.25) is 4.79 Å². The highest BCUT2D eigenvalue weighted by Gasteiger charge is 2.17. The molecule has 0 saturated heterocycles. The minimum Gasteiger partial charge on any atom is -0.325 e. The van der Waals surface area contributed by atoms with E-state index in [-0.39, 0.29) is 10.8 Å². The van der Waals surface area contributed by atoms with Crippen LogP contribution in [0.2, 0.25) is 10.0 Å². The molecule has 0 radical (unpaired) electrons. The highest BCUT2D eigenvalue weighted by Crippen LogP contribution is 2.33. The zero-order valence-corrected chi connectivity index (χ0v) is 15.6. The van der Waals surface area contributed by atoms with Gasteiger partial charge in [0.15, 0.2) is 0 Å². The molecule has 5 nitrogen and oxygen atoms in total. The summed E-state index contributed by atoms with van der Waals surface area (Å²) >= 11 is 13.3. The SMILES string of the molecule is C[C@@H](Sc1cc(Cl)ccc1Cl)C(=O)Nc1ccc(S(N)(=O)=O)cc1. The minimum atomic E-state index is -3.76. The molecule has 128 valence electrons. The molecule has 1 atom stereocenters. The largest absolute Gasteiger partial charge is 0.325 e. The molecule has 0 spiro atoms. The minimum absolute atomic E-state index is 0.0198. The summed E-state index contributed by atoms with van der Waals surface area (Å²) in [7, 11) is -3.76. The van der Waals surface area contributed by atoms with Gasteiger partial charge in [0.25, 0.3) is 0 Å². The molecule has 0 aliphatic carbocycles. The van der Waals surface area contributed by atoms with E-state index < -0.39 is 15.3 Å². The Hall–Kier alpha value is -1.25. The van der Waals surface area contributed by atoms with Crippen molar-refractivity contribution >= 4 is 56.6 Å². The van der Waals surface area contributed by atoms with E-state index in [1.54, 1.807) is 25.1 Å². The van der Waals surface area contributed by atoms with E-state index in [0.29, 0.717) is 20.6 Å². The Morgan fingerprint density at radius 3 is 2.38 bits per heavy atom. The topological polar surface area (TPSA) is 89.3 Å². The number of thioether (sulfide) groups is 1. The van der Waals surface area contributed by atoms with Crippen LogP contribution in [0.25, 0.3) is 0 Å². The van der Waals surface area contributed by atoms with Gasteiger partial charge in [-0.1, -0.05) is 23.2 Å². The van der Waals surface area contributed by atoms with Crippen LogP contribution in [0.1, 0.15) is 6.92 Å². The van der Waals surface area contributed by atoms with Gasteiger partial charge in [-0.2, -0.15) is 0 Å². The maximum atomic E-state index is 12.2. The number of nitrogens with two attached hydrogens (primary N) is 1. The second-order valence-corrected chi connectivity index (χ2v) is 8.68. The summed E-state index contributed by atoms with van der Waals surface area (Å²) in [6, 6.07) is 10.6. The van der Waals surface area contributed by atoms with Crippen LogP contribution < -0.4 is 10.5 Å². The lowest BCUT2D eigenvalue weighted by atomic mass is 10.3. The van der Waals surface area contributed by atoms with Crippen LogP contribution in [0.15, 0.2) is 52.3 Å². The van der Waals surface area contributed by atoms with Gasteiger partial charge in [-0.25, -0.2) is 13.6 Å². The molecule has 2 aromatic carbocycles. The zero-order valence-electron chi connectivity index (χ0n) is 12.5. The van der Waals surface area contributed by atoms with Crippen molar-refractivity contribution in [3.05, 3.63) is 52.5 Å². The molecule has 0 heterocycles. The Bertz CT molecular complexity index is 856. The van der Waals surface area contributed by atoms with Crippen molar-refractivity contribution in [1.82, 2.24) is 0 Å². The predicted octanol–water partition coefficient (Wildman–Crippen LogP) is 3.76. The number of benzene rings is 2. The fraction of sp³-hybridized carbons (Fsp3) is 0.133. The third-order valence-electron chi connectivity index (χ3n) is 3.02. The fourth-order valence-electron chi connectivity index (χ4n) is 1.78. The van der Waals surface area contributed by atoms with Crippen LogP contribution in [-0.2, 0) is 14.8 Å². The number of sulfonamides is 1. The van der Waals surface area contributed by atoms with Crippen molar-refractivity contribution < 1.29 is 13.2 Å². The van der Waals surface area contributed by atoms with Gasteiger partial charge in [-0.15, -0.1) is 11.8 Å². The van der Waals surface area contributed by atoms with Crippen LogP contribution in [0.5, 0.6) is 0 Å². The fourth-order valence-corrected chi connectivity index (χ4v) is 3.71. The van der Waals surface area contributed by atoms with Gasteiger partial charge in [0.2, 0.25) is 15.9 Å². The monoisotopic (exact) mass is 404 g/mol. The standard InChI is InChI=1S/C15H14Cl2N2O3S2/c1-9(23-14-8-10(16)2-7-13(14)17)15(20)19-11-3-5-12(6-4-11)24(18,21)22/h2-9H,1H3,(H,19,20)(H2,18,21,22)/t9-/m1/s1. The molecular formula is C15H14Cl2N2O3S2. The van der Waals surface area contributed by atoms with E-state index in [1.165, 1.54) is 36.0 Å². The van der Waals surface area contributed by atoms with Crippen molar-refractivity contribution in [2.24, 2.45) is 5.14 Å². The van der Waals surface area contributed by atoms with E-state index in [2.05, 4.69) is 5.32 Å². The lowest BCUT2D eigenvalue weighted by Crippen LogP contribution is -2.22. The molecule has 0 bridgehead atoms. The number of primary sulfonamides is 1. The van der Waals surface area contributed by atoms with E-state index in [0.717, 1.165) is 0 Å². The Morgan fingerprint density at radius 2 is 1.79 bits per heavy atom. The summed E-state index contributed by atoms with van der Waals surface area (Å²) in [4.78, 5) is 12.9. The summed E-state index contributed by atoms with van der Waals surface area (Å²) in [5.41, 5.74) is 0.469. The van der Waals surface area contributed by atoms with E-state index in [9.17, 15) is 13.2 Å². The third-order valence-corrected chi connectivity index (χ3v) is 5.78. The highest BCUT2D eigenvalue weighted by atomic mass is 35.5. The predicted molar refractivity (Wildman–Crippen MR) is 98.2 cm³/mol. The number of halogens is 2. The van der Waals surface area contributed by atoms with Gasteiger partial charge in [-0.05, 0) is 49.4 Å². The first-order valence-electron chi connectivity index (χ1n) is 6.72. The van der Waals surface area contributed by atoms with Gasteiger partial charge < -0.3 is 5.32 Å². The molecule has 0 saturated carbocycles. The molecule has 9 heteroatoms. The van der Waals surface area contributed by atoms with Crippen molar-refractivity contribution in [2.45, 2.75) is 22.0 Å². The van der Waals surface area contributed by atoms with Crippen LogP contribution in [0, 0.1) is 0 Å². The molecular weight excluding hydrogens is 391 g/mol. The lowest BCUT2D eigenvalue weighted by Gasteiger charge is -2.13. The van der Waals surface area contributed by atoms with Crippen LogP contribution >= 0.6 is 35.0 Å². The summed E-state index contributed by atoms with van der Waals surface area (Å²) in [6.07, 6.45) is 0. The third kappa shape index (κ3) is 5.12. The van der Waals surface area contributed by atoms with Gasteiger partial charge in [0, 0.05) is 15.6 Å². The number of rotatable bonds is 5. The maximum absolute atomic E-state index is 12.2. The smallest absolute Gasteiger partial charge is 0.238 e. The molecule has 0 aliphatic rings. The second kappa shape index (κ2) is 7.76. The normalized spacial score (nSPS) is 12.7. The highest BCUT2D eigenvalue weighted by molar-refractivity contribution is 8.00. The van der Waals surface area contributed by atoms with Crippen LogP contribution in [0.4, 0.5) is 5.69 Å². The van der Waals surface area contributed by atoms with Crippen molar-refractivity contribution in [2.75, 3.05) is 5.32 Å². The Morgan fingerprint density at radius 1 is 1.17 bits per heavy atom. The zero-order chi connectivity index (χ0) is 17.9. The summed E-state index contributed by atoms with van der Waals surface area (Å²) in [6.45, 7) is 1.73.